The van der Waals surface area contributed by atoms with E-state index >= 15 is 0 Å². The van der Waals surface area contributed by atoms with Crippen LogP contribution in [0.5, 0.6) is 0 Å². The van der Waals surface area contributed by atoms with E-state index in [0.29, 0.717) is 4.90 Å². The van der Waals surface area contributed by atoms with Crippen LogP contribution in [-0.2, 0) is 4.79 Å². The molecule has 0 bridgehead atoms. The zero-order chi connectivity index (χ0) is 11.6. The van der Waals surface area contributed by atoms with E-state index in [1.807, 2.05) is 0 Å². The van der Waals surface area contributed by atoms with E-state index in [4.69, 9.17) is 0 Å². The van der Waals surface area contributed by atoms with Gasteiger partial charge in [-0.3, -0.25) is 10.1 Å². The summed E-state index contributed by atoms with van der Waals surface area (Å²) in [7, 11) is 0. The molecule has 1 fully saturated rings. The lowest BCUT2D eigenvalue weighted by Gasteiger charge is -2.29. The van der Waals surface area contributed by atoms with E-state index in [2.05, 4.69) is 0 Å². The zero-order valence-corrected chi connectivity index (χ0v) is 7.47. The smallest absolute Gasteiger partial charge is 0.318 e. The number of nitrogens with one attached hydrogen (secondary N) is 1. The van der Waals surface area contributed by atoms with Gasteiger partial charge in [-0.1, -0.05) is 0 Å². The third kappa shape index (κ3) is 2.80. The highest BCUT2D eigenvalue weighted by Crippen LogP contribution is 2.24. The van der Waals surface area contributed by atoms with Crippen molar-refractivity contribution in [1.82, 2.24) is 10.2 Å². The molecule has 1 saturated heterocycles. The normalized spacial score (nSPS) is 18.3. The fourth-order valence-corrected chi connectivity index (χ4v) is 1.07. The molecular weight excluding hydrogens is 220 g/mol. The monoisotopic (exact) mass is 228 g/mol. The Morgan fingerprint density at radius 3 is 2.47 bits per heavy atom. The van der Waals surface area contributed by atoms with Gasteiger partial charge in [0.2, 0.25) is 5.91 Å². The fraction of sp³-hybridized carbons (Fsp3) is 0.714. The molecule has 0 radical (unpaired) electrons. The predicted octanol–water partition coefficient (Wildman–Crippen LogP) is 0.829. The SMILES string of the molecule is O=C1CCN(CC(F)(F)C(F)F)C(=O)N1. The van der Waals surface area contributed by atoms with Crippen LogP contribution in [0, 0.1) is 0 Å². The van der Waals surface area contributed by atoms with Crippen molar-refractivity contribution in [3.63, 3.8) is 0 Å². The molecule has 0 aromatic heterocycles. The van der Waals surface area contributed by atoms with Crippen LogP contribution in [0.4, 0.5) is 22.4 Å². The van der Waals surface area contributed by atoms with Gasteiger partial charge in [0.05, 0.1) is 6.54 Å². The molecule has 86 valence electrons. The quantitative estimate of drug-likeness (QED) is 0.727. The first kappa shape index (κ1) is 11.7. The largest absolute Gasteiger partial charge is 0.324 e. The Morgan fingerprint density at radius 1 is 1.40 bits per heavy atom. The van der Waals surface area contributed by atoms with Crippen LogP contribution >= 0.6 is 0 Å². The minimum atomic E-state index is -4.25. The number of nitrogens with zero attached hydrogens (tertiary/aromatic N) is 1. The van der Waals surface area contributed by atoms with Crippen molar-refractivity contribution in [1.29, 1.82) is 0 Å². The van der Waals surface area contributed by atoms with E-state index in [1.54, 1.807) is 5.32 Å². The van der Waals surface area contributed by atoms with Crippen molar-refractivity contribution in [2.45, 2.75) is 18.8 Å². The molecule has 0 aromatic rings. The number of hydrogen-bond donors (Lipinski definition) is 1. The number of urea groups is 1. The number of amides is 3. The maximum absolute atomic E-state index is 12.5. The van der Waals surface area contributed by atoms with Crippen molar-refractivity contribution in [2.75, 3.05) is 13.1 Å². The van der Waals surface area contributed by atoms with Crippen molar-refractivity contribution < 1.29 is 27.2 Å². The first-order valence-corrected chi connectivity index (χ1v) is 4.07. The molecule has 1 N–H and O–H groups in total. The maximum atomic E-state index is 12.5. The third-order valence-corrected chi connectivity index (χ3v) is 1.86. The molecule has 8 heteroatoms. The molecule has 15 heavy (non-hydrogen) atoms. The molecule has 0 atom stereocenters. The topological polar surface area (TPSA) is 49.4 Å². The second kappa shape index (κ2) is 4.03. The van der Waals surface area contributed by atoms with Gasteiger partial charge < -0.3 is 4.90 Å². The van der Waals surface area contributed by atoms with Gasteiger partial charge in [-0.2, -0.15) is 8.78 Å². The Morgan fingerprint density at radius 2 is 2.00 bits per heavy atom. The summed E-state index contributed by atoms with van der Waals surface area (Å²) in [5.41, 5.74) is 0. The van der Waals surface area contributed by atoms with Gasteiger partial charge in [0.25, 0.3) is 0 Å². The van der Waals surface area contributed by atoms with Crippen LogP contribution in [0.1, 0.15) is 6.42 Å². The molecule has 0 saturated carbocycles. The van der Waals surface area contributed by atoms with E-state index in [1.165, 1.54) is 0 Å². The number of halogens is 4. The van der Waals surface area contributed by atoms with E-state index in [9.17, 15) is 27.2 Å². The van der Waals surface area contributed by atoms with Crippen LogP contribution in [0.15, 0.2) is 0 Å². The first-order chi connectivity index (χ1) is 6.83. The highest BCUT2D eigenvalue weighted by Gasteiger charge is 2.44. The molecule has 0 aromatic carbocycles. The van der Waals surface area contributed by atoms with Gasteiger partial charge in [0, 0.05) is 13.0 Å². The molecule has 1 heterocycles. The highest BCUT2D eigenvalue weighted by molar-refractivity contribution is 5.96. The standard InChI is InChI=1S/C7H8F4N2O2/c8-5(9)7(10,11)3-13-2-1-4(14)12-6(13)15/h5H,1-3H2,(H,12,14,15). The average molecular weight is 228 g/mol. The third-order valence-electron chi connectivity index (χ3n) is 1.86. The van der Waals surface area contributed by atoms with Crippen molar-refractivity contribution in [3.8, 4) is 0 Å². The van der Waals surface area contributed by atoms with Crippen LogP contribution in [0.3, 0.4) is 0 Å². The minimum absolute atomic E-state index is 0.162. The number of hydrogen-bond acceptors (Lipinski definition) is 2. The number of carbonyl (C=O) groups is 2. The molecule has 0 spiro atoms. The number of rotatable bonds is 3. The number of carbonyl (C=O) groups excluding carboxylic acids is 2. The molecule has 0 aliphatic carbocycles. The van der Waals surface area contributed by atoms with Crippen LogP contribution in [0.2, 0.25) is 0 Å². The van der Waals surface area contributed by atoms with Crippen LogP contribution < -0.4 is 5.32 Å². The fourth-order valence-electron chi connectivity index (χ4n) is 1.07. The Kier molecular flexibility index (Phi) is 3.15. The van der Waals surface area contributed by atoms with E-state index in [0.717, 1.165) is 0 Å². The number of alkyl halides is 4. The first-order valence-electron chi connectivity index (χ1n) is 4.07. The molecule has 1 aliphatic heterocycles. The summed E-state index contributed by atoms with van der Waals surface area (Å²) < 4.78 is 48.7. The lowest BCUT2D eigenvalue weighted by atomic mass is 10.2. The Hall–Kier alpha value is -1.34. The van der Waals surface area contributed by atoms with Gasteiger partial charge >= 0.3 is 18.4 Å². The summed E-state index contributed by atoms with van der Waals surface area (Å²) in [4.78, 5) is 22.0. The molecule has 1 aliphatic rings. The lowest BCUT2D eigenvalue weighted by Crippen LogP contribution is -2.54. The summed E-state index contributed by atoms with van der Waals surface area (Å²) in [5, 5.41) is 1.76. The summed E-state index contributed by atoms with van der Waals surface area (Å²) in [6, 6.07) is -1.06. The van der Waals surface area contributed by atoms with Gasteiger partial charge in [0.1, 0.15) is 0 Å². The van der Waals surface area contributed by atoms with Crippen LogP contribution in [0.25, 0.3) is 0 Å². The Labute approximate surface area is 82.2 Å². The molecule has 1 rings (SSSR count). The van der Waals surface area contributed by atoms with Gasteiger partial charge in [-0.05, 0) is 0 Å². The lowest BCUT2D eigenvalue weighted by molar-refractivity contribution is -0.140. The number of imide groups is 1. The Bertz CT molecular complexity index is 282. The zero-order valence-electron chi connectivity index (χ0n) is 7.47. The Balaban J connectivity index is 2.59. The molecular formula is C7H8F4N2O2. The van der Waals surface area contributed by atoms with Crippen molar-refractivity contribution in [3.05, 3.63) is 0 Å². The van der Waals surface area contributed by atoms with Gasteiger partial charge in [0.15, 0.2) is 0 Å². The summed E-state index contributed by atoms with van der Waals surface area (Å²) >= 11 is 0. The van der Waals surface area contributed by atoms with E-state index in [-0.39, 0.29) is 13.0 Å². The van der Waals surface area contributed by atoms with Gasteiger partial charge in [-0.15, -0.1) is 0 Å². The molecule has 3 amide bonds. The second-order valence-corrected chi connectivity index (χ2v) is 3.09. The maximum Gasteiger partial charge on any atom is 0.324 e. The van der Waals surface area contributed by atoms with Gasteiger partial charge in [-0.25, -0.2) is 13.6 Å². The van der Waals surface area contributed by atoms with Crippen LogP contribution in [-0.4, -0.2) is 42.3 Å². The predicted molar refractivity (Wildman–Crippen MR) is 40.7 cm³/mol. The summed E-state index contributed by atoms with van der Waals surface area (Å²) in [6.07, 6.45) is -3.99. The summed E-state index contributed by atoms with van der Waals surface area (Å²) in [6.45, 7) is -1.66. The summed E-state index contributed by atoms with van der Waals surface area (Å²) in [5.74, 6) is -4.85. The average Bonchev–Trinajstić information content (AvgIpc) is 2.09. The van der Waals surface area contributed by atoms with Crippen molar-refractivity contribution >= 4 is 11.9 Å². The second-order valence-electron chi connectivity index (χ2n) is 3.09. The minimum Gasteiger partial charge on any atom is -0.318 e. The van der Waals surface area contributed by atoms with Crippen molar-refractivity contribution in [2.24, 2.45) is 0 Å². The van der Waals surface area contributed by atoms with E-state index < -0.39 is 30.8 Å². The highest BCUT2D eigenvalue weighted by atomic mass is 19.3. The molecule has 4 nitrogen and oxygen atoms in total. The molecule has 0 unspecified atom stereocenters.